The zero-order chi connectivity index (χ0) is 21.8. The highest BCUT2D eigenvalue weighted by Gasteiger charge is 2.23. The van der Waals surface area contributed by atoms with Crippen molar-refractivity contribution in [2.45, 2.75) is 12.5 Å². The first kappa shape index (κ1) is 19.5. The number of amides is 1. The van der Waals surface area contributed by atoms with Gasteiger partial charge in [0.25, 0.3) is 11.8 Å². The van der Waals surface area contributed by atoms with Gasteiger partial charge in [-0.25, -0.2) is 4.99 Å². The second kappa shape index (κ2) is 8.73. The first-order valence-corrected chi connectivity index (χ1v) is 10.0. The summed E-state index contributed by atoms with van der Waals surface area (Å²) in [7, 11) is 0. The summed E-state index contributed by atoms with van der Waals surface area (Å²) in [6.07, 6.45) is 13.9. The Morgan fingerprint density at radius 1 is 1.09 bits per heavy atom. The van der Waals surface area contributed by atoms with Gasteiger partial charge in [0.05, 0.1) is 6.54 Å². The number of nitrogens with zero attached hydrogens (tertiary/aromatic N) is 6. The number of hydrogen-bond acceptors (Lipinski definition) is 6. The van der Waals surface area contributed by atoms with Gasteiger partial charge in [0.15, 0.2) is 5.82 Å². The van der Waals surface area contributed by atoms with Gasteiger partial charge in [0.2, 0.25) is 0 Å². The standard InChI is InChI=1S/C24H18N6O2/c31-24-20(9-5-13-26-24)23-27-21(32-29-23)11-10-19-16-30(15-17-6-2-1-3-7-17)28-22(19)18-8-4-12-25-14-18/h1-14,16,20H,15H2/b11-10+. The maximum absolute atomic E-state index is 11.9. The fraction of sp³-hybridized carbons (Fsp3) is 0.0833. The topological polar surface area (TPSA) is 99.1 Å². The number of pyridine rings is 1. The van der Waals surface area contributed by atoms with Crippen LogP contribution in [0.5, 0.6) is 0 Å². The van der Waals surface area contributed by atoms with Crippen molar-refractivity contribution in [3.63, 3.8) is 0 Å². The lowest BCUT2D eigenvalue weighted by atomic mass is 10.1. The van der Waals surface area contributed by atoms with Crippen LogP contribution < -0.4 is 0 Å². The second-order valence-corrected chi connectivity index (χ2v) is 7.16. The van der Waals surface area contributed by atoms with Gasteiger partial charge >= 0.3 is 0 Å². The van der Waals surface area contributed by atoms with Gasteiger partial charge in [0, 0.05) is 42.0 Å². The molecule has 5 rings (SSSR count). The van der Waals surface area contributed by atoms with E-state index in [-0.39, 0.29) is 11.7 Å². The molecule has 1 aromatic carbocycles. The van der Waals surface area contributed by atoms with E-state index < -0.39 is 5.92 Å². The molecule has 1 aliphatic heterocycles. The molecule has 0 aliphatic carbocycles. The van der Waals surface area contributed by atoms with Crippen LogP contribution >= 0.6 is 0 Å². The summed E-state index contributed by atoms with van der Waals surface area (Å²) in [4.78, 5) is 24.2. The van der Waals surface area contributed by atoms with Crippen LogP contribution in [0.1, 0.15) is 28.8 Å². The normalized spacial score (nSPS) is 15.6. The van der Waals surface area contributed by atoms with E-state index in [2.05, 4.69) is 32.2 Å². The summed E-state index contributed by atoms with van der Waals surface area (Å²) in [5, 5.41) is 8.70. The number of carbonyl (C=O) groups excluding carboxylic acids is 1. The van der Waals surface area contributed by atoms with Crippen molar-refractivity contribution in [2.24, 2.45) is 4.99 Å². The van der Waals surface area contributed by atoms with Gasteiger partial charge < -0.3 is 4.52 Å². The summed E-state index contributed by atoms with van der Waals surface area (Å²) in [6, 6.07) is 14.0. The van der Waals surface area contributed by atoms with E-state index in [1.807, 2.05) is 47.3 Å². The summed E-state index contributed by atoms with van der Waals surface area (Å²) in [5.74, 6) is -0.353. The third-order valence-electron chi connectivity index (χ3n) is 4.91. The van der Waals surface area contributed by atoms with Gasteiger partial charge in [-0.15, -0.1) is 0 Å². The first-order chi connectivity index (χ1) is 15.8. The van der Waals surface area contributed by atoms with Crippen LogP contribution in [0.25, 0.3) is 23.4 Å². The van der Waals surface area contributed by atoms with Crippen LogP contribution in [-0.4, -0.2) is 37.0 Å². The van der Waals surface area contributed by atoms with Crippen LogP contribution in [0.2, 0.25) is 0 Å². The fourth-order valence-corrected chi connectivity index (χ4v) is 3.38. The van der Waals surface area contributed by atoms with E-state index in [0.717, 1.165) is 22.4 Å². The highest BCUT2D eigenvalue weighted by atomic mass is 16.5. The third kappa shape index (κ3) is 4.20. The smallest absolute Gasteiger partial charge is 0.260 e. The first-order valence-electron chi connectivity index (χ1n) is 10.0. The molecule has 1 aliphatic rings. The van der Waals surface area contributed by atoms with Crippen molar-refractivity contribution < 1.29 is 9.32 Å². The third-order valence-corrected chi connectivity index (χ3v) is 4.91. The monoisotopic (exact) mass is 422 g/mol. The number of rotatable bonds is 6. The largest absolute Gasteiger partial charge is 0.335 e. The Kier molecular flexibility index (Phi) is 5.32. The van der Waals surface area contributed by atoms with Gasteiger partial charge in [0.1, 0.15) is 11.6 Å². The summed E-state index contributed by atoms with van der Waals surface area (Å²) < 4.78 is 7.20. The van der Waals surface area contributed by atoms with Crippen LogP contribution in [-0.2, 0) is 11.3 Å². The highest BCUT2D eigenvalue weighted by Crippen LogP contribution is 2.24. The van der Waals surface area contributed by atoms with Crippen LogP contribution in [0.4, 0.5) is 0 Å². The van der Waals surface area contributed by atoms with E-state index >= 15 is 0 Å². The predicted octanol–water partition coefficient (Wildman–Crippen LogP) is 3.80. The molecule has 156 valence electrons. The molecule has 3 aromatic heterocycles. The number of allylic oxidation sites excluding steroid dienone is 1. The number of benzene rings is 1. The molecule has 1 atom stereocenters. The maximum atomic E-state index is 11.9. The molecule has 0 bridgehead atoms. The Bertz CT molecular complexity index is 1320. The van der Waals surface area contributed by atoms with Gasteiger partial charge in [-0.2, -0.15) is 10.1 Å². The van der Waals surface area contributed by atoms with E-state index in [4.69, 9.17) is 9.62 Å². The molecule has 8 nitrogen and oxygen atoms in total. The molecule has 32 heavy (non-hydrogen) atoms. The molecule has 0 radical (unpaired) electrons. The number of aromatic nitrogens is 5. The van der Waals surface area contributed by atoms with Crippen LogP contribution in [0, 0.1) is 0 Å². The Morgan fingerprint density at radius 2 is 2.00 bits per heavy atom. The summed E-state index contributed by atoms with van der Waals surface area (Å²) in [5.41, 5.74) is 3.73. The quantitative estimate of drug-likeness (QED) is 0.469. The van der Waals surface area contributed by atoms with Crippen molar-refractivity contribution >= 4 is 24.3 Å². The number of dihydropyridines is 1. The fourth-order valence-electron chi connectivity index (χ4n) is 3.38. The van der Waals surface area contributed by atoms with Gasteiger partial charge in [-0.3, -0.25) is 14.5 Å². The van der Waals surface area contributed by atoms with E-state index in [1.54, 1.807) is 30.6 Å². The molecule has 1 amide bonds. The molecule has 4 heterocycles. The SMILES string of the molecule is O=C1N=CC=CC1c1noc(/C=C/c2cn(Cc3ccccc3)nc2-c2cccnc2)n1. The molecule has 0 spiro atoms. The molecule has 4 aromatic rings. The molecule has 0 saturated heterocycles. The van der Waals surface area contributed by atoms with Crippen molar-refractivity contribution in [3.8, 4) is 11.3 Å². The number of hydrogen-bond donors (Lipinski definition) is 0. The van der Waals surface area contributed by atoms with Crippen molar-refractivity contribution in [3.05, 3.63) is 96.0 Å². The van der Waals surface area contributed by atoms with Crippen LogP contribution in [0.15, 0.2) is 82.7 Å². The lowest BCUT2D eigenvalue weighted by Crippen LogP contribution is -2.12. The second-order valence-electron chi connectivity index (χ2n) is 7.16. The highest BCUT2D eigenvalue weighted by molar-refractivity contribution is 5.96. The van der Waals surface area contributed by atoms with Crippen molar-refractivity contribution in [2.75, 3.05) is 0 Å². The van der Waals surface area contributed by atoms with Crippen molar-refractivity contribution in [1.29, 1.82) is 0 Å². The average molecular weight is 422 g/mol. The van der Waals surface area contributed by atoms with E-state index in [0.29, 0.717) is 12.4 Å². The van der Waals surface area contributed by atoms with Gasteiger partial charge in [-0.1, -0.05) is 41.6 Å². The summed E-state index contributed by atoms with van der Waals surface area (Å²) >= 11 is 0. The zero-order valence-corrected chi connectivity index (χ0v) is 16.9. The lowest BCUT2D eigenvalue weighted by Gasteiger charge is -2.04. The zero-order valence-electron chi connectivity index (χ0n) is 16.9. The average Bonchev–Trinajstić information content (AvgIpc) is 3.46. The molecule has 0 N–H and O–H groups in total. The maximum Gasteiger partial charge on any atom is 0.260 e. The minimum absolute atomic E-state index is 0.287. The lowest BCUT2D eigenvalue weighted by molar-refractivity contribution is -0.118. The van der Waals surface area contributed by atoms with Gasteiger partial charge in [-0.05, 0) is 29.8 Å². The van der Waals surface area contributed by atoms with E-state index in [1.165, 1.54) is 6.21 Å². The Hall–Kier alpha value is -4.46. The minimum atomic E-state index is -0.620. The predicted molar refractivity (Wildman–Crippen MR) is 120 cm³/mol. The molecule has 0 saturated carbocycles. The van der Waals surface area contributed by atoms with Crippen molar-refractivity contribution in [1.82, 2.24) is 24.9 Å². The molecular formula is C24H18N6O2. The number of aliphatic imine (C=N–C) groups is 1. The summed E-state index contributed by atoms with van der Waals surface area (Å²) in [6.45, 7) is 0.642. The number of carbonyl (C=O) groups is 1. The molecule has 1 unspecified atom stereocenters. The molecular weight excluding hydrogens is 404 g/mol. The Labute approximate surface area is 183 Å². The minimum Gasteiger partial charge on any atom is -0.335 e. The molecule has 8 heteroatoms. The molecule has 0 fully saturated rings. The van der Waals surface area contributed by atoms with Crippen LogP contribution in [0.3, 0.4) is 0 Å². The Morgan fingerprint density at radius 3 is 2.81 bits per heavy atom. The van der Waals surface area contributed by atoms with E-state index in [9.17, 15) is 4.79 Å². The Balaban J connectivity index is 1.43.